The van der Waals surface area contributed by atoms with Gasteiger partial charge in [-0.15, -0.1) is 0 Å². The average molecular weight is 436 g/mol. The number of aryl methyl sites for hydroxylation is 2. The normalized spacial score (nSPS) is 15.6. The number of amides is 1. The van der Waals surface area contributed by atoms with Crippen LogP contribution in [0.2, 0.25) is 0 Å². The first-order valence-electron chi connectivity index (χ1n) is 11.0. The maximum Gasteiger partial charge on any atom is 0.290 e. The Kier molecular flexibility index (Phi) is 6.07. The first-order valence-corrected chi connectivity index (χ1v) is 11.0. The molecule has 0 saturated carbocycles. The Labute approximate surface area is 187 Å². The molecule has 6 nitrogen and oxygen atoms in total. The molecule has 0 bridgehead atoms. The highest BCUT2D eigenvalue weighted by atomic mass is 16.5. The molecule has 0 spiro atoms. The molecule has 1 amide bonds. The van der Waals surface area contributed by atoms with Gasteiger partial charge >= 0.3 is 0 Å². The second-order valence-corrected chi connectivity index (χ2v) is 8.58. The number of hydrogen-bond donors (Lipinski definition) is 0. The van der Waals surface area contributed by atoms with Gasteiger partial charge in [-0.3, -0.25) is 9.59 Å². The largest absolute Gasteiger partial charge is 0.497 e. The van der Waals surface area contributed by atoms with Crippen molar-refractivity contribution in [2.24, 2.45) is 0 Å². The molecule has 0 N–H and O–H groups in total. The van der Waals surface area contributed by atoms with Crippen LogP contribution in [-0.2, 0) is 4.74 Å². The zero-order chi connectivity index (χ0) is 23.0. The highest BCUT2D eigenvalue weighted by Crippen LogP contribution is 2.39. The molecule has 1 aliphatic heterocycles. The van der Waals surface area contributed by atoms with Gasteiger partial charge in [0.1, 0.15) is 11.3 Å². The summed E-state index contributed by atoms with van der Waals surface area (Å²) in [6.45, 7) is 8.81. The van der Waals surface area contributed by atoms with E-state index in [4.69, 9.17) is 13.9 Å². The minimum Gasteiger partial charge on any atom is -0.497 e. The van der Waals surface area contributed by atoms with Crippen molar-refractivity contribution in [2.75, 3.05) is 20.3 Å². The molecule has 1 aromatic heterocycles. The van der Waals surface area contributed by atoms with Crippen molar-refractivity contribution in [2.45, 2.75) is 46.3 Å². The van der Waals surface area contributed by atoms with Crippen molar-refractivity contribution >= 4 is 16.9 Å². The van der Waals surface area contributed by atoms with Gasteiger partial charge in [-0.2, -0.15) is 0 Å². The summed E-state index contributed by atoms with van der Waals surface area (Å²) in [6.07, 6.45) is 0.787. The molecule has 0 aliphatic carbocycles. The van der Waals surface area contributed by atoms with Gasteiger partial charge in [-0.05, 0) is 69.0 Å². The van der Waals surface area contributed by atoms with Crippen LogP contribution in [-0.4, -0.2) is 37.2 Å². The first-order chi connectivity index (χ1) is 15.3. The van der Waals surface area contributed by atoms with Gasteiger partial charge in [-0.25, -0.2) is 0 Å². The van der Waals surface area contributed by atoms with Crippen molar-refractivity contribution in [1.29, 1.82) is 0 Å². The number of fused-ring (bicyclic) bond motifs is 2. The molecule has 4 rings (SSSR count). The Morgan fingerprint density at radius 2 is 1.81 bits per heavy atom. The maximum absolute atomic E-state index is 13.7. The van der Waals surface area contributed by atoms with Gasteiger partial charge in [0, 0.05) is 13.2 Å². The minimum atomic E-state index is -0.510. The summed E-state index contributed by atoms with van der Waals surface area (Å²) in [5.41, 5.74) is 3.40. The lowest BCUT2D eigenvalue weighted by molar-refractivity contribution is 0.0593. The van der Waals surface area contributed by atoms with Gasteiger partial charge < -0.3 is 18.8 Å². The number of rotatable bonds is 7. The van der Waals surface area contributed by atoms with E-state index >= 15 is 0 Å². The summed E-state index contributed by atoms with van der Waals surface area (Å²) in [6, 6.07) is 10.8. The van der Waals surface area contributed by atoms with Crippen LogP contribution in [0.3, 0.4) is 0 Å². The van der Waals surface area contributed by atoms with Crippen molar-refractivity contribution in [3.63, 3.8) is 0 Å². The van der Waals surface area contributed by atoms with Gasteiger partial charge in [0.2, 0.25) is 5.76 Å². The standard InChI is InChI=1S/C26H29NO5/c1-15(2)31-12-6-11-27-23(18-7-9-19(30-5)10-8-18)22-24(28)21-17(4)13-16(3)14-20(21)32-25(22)26(27)29/h7-10,13-15,23H,6,11-12H2,1-5H3. The van der Waals surface area contributed by atoms with E-state index in [1.54, 1.807) is 12.0 Å². The van der Waals surface area contributed by atoms with Gasteiger partial charge in [-0.1, -0.05) is 18.2 Å². The Morgan fingerprint density at radius 1 is 1.09 bits per heavy atom. The molecular weight excluding hydrogens is 406 g/mol. The molecule has 1 aliphatic rings. The zero-order valence-electron chi connectivity index (χ0n) is 19.2. The van der Waals surface area contributed by atoms with E-state index in [1.165, 1.54) is 0 Å². The number of ether oxygens (including phenoxy) is 2. The zero-order valence-corrected chi connectivity index (χ0v) is 19.2. The predicted octanol–water partition coefficient (Wildman–Crippen LogP) is 4.78. The Hall–Kier alpha value is -3.12. The fourth-order valence-corrected chi connectivity index (χ4v) is 4.43. The van der Waals surface area contributed by atoms with Crippen LogP contribution >= 0.6 is 0 Å². The molecule has 0 saturated heterocycles. The molecule has 3 aromatic rings. The summed E-state index contributed by atoms with van der Waals surface area (Å²) in [7, 11) is 1.61. The molecule has 0 radical (unpaired) electrons. The smallest absolute Gasteiger partial charge is 0.290 e. The summed E-state index contributed by atoms with van der Waals surface area (Å²) < 4.78 is 17.0. The lowest BCUT2D eigenvalue weighted by Crippen LogP contribution is -2.31. The molecule has 2 aromatic carbocycles. The molecule has 168 valence electrons. The molecule has 0 fully saturated rings. The quantitative estimate of drug-likeness (QED) is 0.500. The summed E-state index contributed by atoms with van der Waals surface area (Å²) in [5, 5.41) is 0.533. The second kappa shape index (κ2) is 8.79. The predicted molar refractivity (Wildman–Crippen MR) is 124 cm³/mol. The van der Waals surface area contributed by atoms with E-state index in [2.05, 4.69) is 0 Å². The molecule has 1 atom stereocenters. The Balaban J connectivity index is 1.84. The summed E-state index contributed by atoms with van der Waals surface area (Å²) in [4.78, 5) is 28.8. The third-order valence-electron chi connectivity index (χ3n) is 5.84. The number of carbonyl (C=O) groups excluding carboxylic acids is 1. The highest BCUT2D eigenvalue weighted by Gasteiger charge is 2.42. The van der Waals surface area contributed by atoms with Crippen LogP contribution < -0.4 is 10.2 Å². The molecule has 32 heavy (non-hydrogen) atoms. The fourth-order valence-electron chi connectivity index (χ4n) is 4.43. The summed E-state index contributed by atoms with van der Waals surface area (Å²) >= 11 is 0. The topological polar surface area (TPSA) is 69.0 Å². The number of carbonyl (C=O) groups is 1. The van der Waals surface area contributed by atoms with Crippen molar-refractivity contribution in [3.8, 4) is 5.75 Å². The third-order valence-corrected chi connectivity index (χ3v) is 5.84. The van der Waals surface area contributed by atoms with E-state index in [9.17, 15) is 9.59 Å². The van der Waals surface area contributed by atoms with Crippen LogP contribution in [0.15, 0.2) is 45.6 Å². The summed E-state index contributed by atoms with van der Waals surface area (Å²) in [5.74, 6) is 0.591. The van der Waals surface area contributed by atoms with Gasteiger partial charge in [0.25, 0.3) is 5.91 Å². The maximum atomic E-state index is 13.7. The number of methoxy groups -OCH3 is 1. The second-order valence-electron chi connectivity index (χ2n) is 8.58. The lowest BCUT2D eigenvalue weighted by Gasteiger charge is -2.25. The minimum absolute atomic E-state index is 0.124. The molecule has 1 unspecified atom stereocenters. The van der Waals surface area contributed by atoms with Crippen molar-refractivity contribution in [3.05, 3.63) is 74.6 Å². The van der Waals surface area contributed by atoms with Gasteiger partial charge in [0.05, 0.1) is 30.2 Å². The highest BCUT2D eigenvalue weighted by molar-refractivity contribution is 5.99. The number of benzene rings is 2. The third kappa shape index (κ3) is 3.91. The molecule has 6 heteroatoms. The van der Waals surface area contributed by atoms with Crippen molar-refractivity contribution < 1.29 is 18.7 Å². The Morgan fingerprint density at radius 3 is 2.47 bits per heavy atom. The number of nitrogens with zero attached hydrogens (tertiary/aromatic N) is 1. The van der Waals surface area contributed by atoms with E-state index in [-0.39, 0.29) is 23.2 Å². The SMILES string of the molecule is COc1ccc(C2c3c(oc4cc(C)cc(C)c4c3=O)C(=O)N2CCCOC(C)C)cc1. The van der Waals surface area contributed by atoms with Crippen LogP contribution in [0.1, 0.15) is 59.1 Å². The lowest BCUT2D eigenvalue weighted by atomic mass is 9.97. The van der Waals surface area contributed by atoms with Crippen molar-refractivity contribution in [1.82, 2.24) is 4.90 Å². The monoisotopic (exact) mass is 435 g/mol. The van der Waals surface area contributed by atoms with E-state index < -0.39 is 6.04 Å². The Bertz CT molecular complexity index is 1210. The van der Waals surface area contributed by atoms with Crippen LogP contribution in [0.25, 0.3) is 11.0 Å². The van der Waals surface area contributed by atoms with Gasteiger partial charge in [0.15, 0.2) is 5.43 Å². The van der Waals surface area contributed by atoms with E-state index in [0.29, 0.717) is 41.9 Å². The van der Waals surface area contributed by atoms with Crippen LogP contribution in [0.4, 0.5) is 0 Å². The number of hydrogen-bond acceptors (Lipinski definition) is 5. The van der Waals surface area contributed by atoms with E-state index in [0.717, 1.165) is 16.7 Å². The first kappa shape index (κ1) is 22.1. The van der Waals surface area contributed by atoms with E-state index in [1.807, 2.05) is 64.1 Å². The molecule has 2 heterocycles. The van der Waals surface area contributed by atoms with Crippen LogP contribution in [0, 0.1) is 13.8 Å². The average Bonchev–Trinajstić information content (AvgIpc) is 3.02. The molecular formula is C26H29NO5. The fraction of sp³-hybridized carbons (Fsp3) is 0.385. The van der Waals surface area contributed by atoms with Crippen LogP contribution in [0.5, 0.6) is 5.75 Å².